The van der Waals surface area contributed by atoms with Gasteiger partial charge in [0.2, 0.25) is 0 Å². The summed E-state index contributed by atoms with van der Waals surface area (Å²) in [6.45, 7) is 2.20. The maximum absolute atomic E-state index is 9.97. The molecule has 1 aromatic rings. The van der Waals surface area contributed by atoms with Crippen LogP contribution in [0.1, 0.15) is 51.0 Å². The number of hydrogen-bond acceptors (Lipinski definition) is 1. The smallest absolute Gasteiger partial charge is 0.0581 e. The van der Waals surface area contributed by atoms with Crippen molar-refractivity contribution in [3.05, 3.63) is 33.8 Å². The number of benzene rings is 1. The Morgan fingerprint density at radius 2 is 1.83 bits per heavy atom. The van der Waals surface area contributed by atoms with Crippen LogP contribution in [0.3, 0.4) is 0 Å². The number of rotatable bonds is 8. The summed E-state index contributed by atoms with van der Waals surface area (Å²) in [6.07, 6.45) is 7.20. The van der Waals surface area contributed by atoms with Crippen molar-refractivity contribution in [1.82, 2.24) is 0 Å². The van der Waals surface area contributed by atoms with Gasteiger partial charge in [0.05, 0.1) is 6.10 Å². The molecule has 1 N–H and O–H groups in total. The molecule has 0 amide bonds. The fraction of sp³-hybridized carbons (Fsp3) is 0.600. The molecular weight excluding hydrogens is 267 g/mol. The highest BCUT2D eigenvalue weighted by Gasteiger charge is 2.09. The van der Waals surface area contributed by atoms with E-state index in [9.17, 15) is 5.11 Å². The lowest BCUT2D eigenvalue weighted by Gasteiger charge is -2.12. The standard InChI is InChI=1S/C15H22Cl2O/c1-2-3-4-5-6-7-14(18)11-12-10-13(16)8-9-15(12)17/h8-10,14,18H,2-7,11H2,1H3. The van der Waals surface area contributed by atoms with E-state index in [1.165, 1.54) is 25.7 Å². The lowest BCUT2D eigenvalue weighted by Crippen LogP contribution is -2.10. The van der Waals surface area contributed by atoms with Crippen molar-refractivity contribution >= 4 is 23.2 Å². The molecule has 0 spiro atoms. The van der Waals surface area contributed by atoms with Crippen molar-refractivity contribution < 1.29 is 5.11 Å². The van der Waals surface area contributed by atoms with E-state index in [0.29, 0.717) is 16.5 Å². The van der Waals surface area contributed by atoms with Gasteiger partial charge in [-0.3, -0.25) is 0 Å². The predicted octanol–water partition coefficient (Wildman–Crippen LogP) is 5.26. The third-order valence-corrected chi connectivity index (χ3v) is 3.71. The zero-order valence-electron chi connectivity index (χ0n) is 11.0. The Hall–Kier alpha value is -0.240. The van der Waals surface area contributed by atoms with E-state index in [1.54, 1.807) is 12.1 Å². The van der Waals surface area contributed by atoms with Gasteiger partial charge in [0, 0.05) is 10.0 Å². The summed E-state index contributed by atoms with van der Waals surface area (Å²) in [6, 6.07) is 5.39. The van der Waals surface area contributed by atoms with Gasteiger partial charge in [-0.1, -0.05) is 62.2 Å². The van der Waals surface area contributed by atoms with Gasteiger partial charge in [-0.25, -0.2) is 0 Å². The first-order chi connectivity index (χ1) is 8.63. The Balaban J connectivity index is 2.30. The van der Waals surface area contributed by atoms with Crippen LogP contribution in [-0.2, 0) is 6.42 Å². The average Bonchev–Trinajstić information content (AvgIpc) is 2.33. The maximum Gasteiger partial charge on any atom is 0.0581 e. The van der Waals surface area contributed by atoms with Gasteiger partial charge in [-0.05, 0) is 36.6 Å². The highest BCUT2D eigenvalue weighted by atomic mass is 35.5. The molecule has 1 atom stereocenters. The van der Waals surface area contributed by atoms with Crippen LogP contribution in [-0.4, -0.2) is 11.2 Å². The summed E-state index contributed by atoms with van der Waals surface area (Å²) >= 11 is 12.0. The molecule has 0 aliphatic carbocycles. The van der Waals surface area contributed by atoms with E-state index in [0.717, 1.165) is 18.4 Å². The van der Waals surface area contributed by atoms with E-state index in [-0.39, 0.29) is 6.10 Å². The molecule has 1 unspecified atom stereocenters. The molecule has 0 bridgehead atoms. The lowest BCUT2D eigenvalue weighted by molar-refractivity contribution is 0.161. The lowest BCUT2D eigenvalue weighted by atomic mass is 10.0. The summed E-state index contributed by atoms with van der Waals surface area (Å²) in [5.41, 5.74) is 0.935. The number of hydrogen-bond donors (Lipinski definition) is 1. The molecule has 1 nitrogen and oxygen atoms in total. The molecule has 18 heavy (non-hydrogen) atoms. The van der Waals surface area contributed by atoms with Crippen LogP contribution in [0.15, 0.2) is 18.2 Å². The molecule has 3 heteroatoms. The Morgan fingerprint density at radius 3 is 2.56 bits per heavy atom. The molecular formula is C15H22Cl2O. The topological polar surface area (TPSA) is 20.2 Å². The summed E-state index contributed by atoms with van der Waals surface area (Å²) in [5.74, 6) is 0. The zero-order valence-corrected chi connectivity index (χ0v) is 12.5. The second-order valence-electron chi connectivity index (χ2n) is 4.80. The minimum absolute atomic E-state index is 0.317. The second kappa shape index (κ2) is 8.79. The quantitative estimate of drug-likeness (QED) is 0.647. The summed E-state index contributed by atoms with van der Waals surface area (Å²) in [5, 5.41) is 11.3. The summed E-state index contributed by atoms with van der Waals surface area (Å²) in [4.78, 5) is 0. The van der Waals surface area contributed by atoms with Crippen LogP contribution in [0.2, 0.25) is 10.0 Å². The number of aliphatic hydroxyl groups excluding tert-OH is 1. The maximum atomic E-state index is 9.97. The van der Waals surface area contributed by atoms with Crippen molar-refractivity contribution in [2.24, 2.45) is 0 Å². The minimum Gasteiger partial charge on any atom is -0.393 e. The fourth-order valence-corrected chi connectivity index (χ4v) is 2.43. The average molecular weight is 289 g/mol. The predicted molar refractivity (Wildman–Crippen MR) is 79.5 cm³/mol. The van der Waals surface area contributed by atoms with Gasteiger partial charge >= 0.3 is 0 Å². The third-order valence-electron chi connectivity index (χ3n) is 3.10. The van der Waals surface area contributed by atoms with Gasteiger partial charge in [0.1, 0.15) is 0 Å². The highest BCUT2D eigenvalue weighted by molar-refractivity contribution is 6.33. The Kier molecular flexibility index (Phi) is 7.73. The van der Waals surface area contributed by atoms with Crippen molar-refractivity contribution in [2.75, 3.05) is 0 Å². The summed E-state index contributed by atoms with van der Waals surface area (Å²) < 4.78 is 0. The first kappa shape index (κ1) is 15.8. The molecule has 102 valence electrons. The molecule has 0 saturated heterocycles. The van der Waals surface area contributed by atoms with E-state index in [1.807, 2.05) is 6.07 Å². The number of aliphatic hydroxyl groups is 1. The van der Waals surface area contributed by atoms with Crippen molar-refractivity contribution in [2.45, 2.75) is 58.0 Å². The molecule has 0 aromatic heterocycles. The number of unbranched alkanes of at least 4 members (excludes halogenated alkanes) is 4. The molecule has 0 heterocycles. The Bertz CT molecular complexity index is 352. The molecule has 1 rings (SSSR count). The van der Waals surface area contributed by atoms with E-state index >= 15 is 0 Å². The van der Waals surface area contributed by atoms with E-state index in [4.69, 9.17) is 23.2 Å². The second-order valence-corrected chi connectivity index (χ2v) is 5.64. The zero-order chi connectivity index (χ0) is 13.4. The van der Waals surface area contributed by atoms with Crippen LogP contribution >= 0.6 is 23.2 Å². The van der Waals surface area contributed by atoms with Gasteiger partial charge in [-0.15, -0.1) is 0 Å². The SMILES string of the molecule is CCCCCCCC(O)Cc1cc(Cl)ccc1Cl. The third kappa shape index (κ3) is 6.08. The van der Waals surface area contributed by atoms with Crippen molar-refractivity contribution in [1.29, 1.82) is 0 Å². The van der Waals surface area contributed by atoms with Crippen molar-refractivity contribution in [3.63, 3.8) is 0 Å². The van der Waals surface area contributed by atoms with Gasteiger partial charge < -0.3 is 5.11 Å². The van der Waals surface area contributed by atoms with Crippen LogP contribution in [0, 0.1) is 0 Å². The Morgan fingerprint density at radius 1 is 1.11 bits per heavy atom. The monoisotopic (exact) mass is 288 g/mol. The Labute approximate surface area is 120 Å². The highest BCUT2D eigenvalue weighted by Crippen LogP contribution is 2.23. The summed E-state index contributed by atoms with van der Waals surface area (Å²) in [7, 11) is 0. The van der Waals surface area contributed by atoms with Gasteiger partial charge in [0.25, 0.3) is 0 Å². The van der Waals surface area contributed by atoms with Gasteiger partial charge in [-0.2, -0.15) is 0 Å². The van der Waals surface area contributed by atoms with Crippen LogP contribution in [0.4, 0.5) is 0 Å². The number of halogens is 2. The fourth-order valence-electron chi connectivity index (χ4n) is 2.04. The molecule has 0 aliphatic heterocycles. The molecule has 0 radical (unpaired) electrons. The molecule has 1 aromatic carbocycles. The first-order valence-corrected chi connectivity index (χ1v) is 7.51. The van der Waals surface area contributed by atoms with E-state index in [2.05, 4.69) is 6.92 Å². The van der Waals surface area contributed by atoms with Crippen LogP contribution < -0.4 is 0 Å². The molecule has 0 aliphatic rings. The van der Waals surface area contributed by atoms with Crippen LogP contribution in [0.5, 0.6) is 0 Å². The minimum atomic E-state index is -0.317. The molecule has 0 saturated carbocycles. The van der Waals surface area contributed by atoms with E-state index < -0.39 is 0 Å². The normalized spacial score (nSPS) is 12.7. The van der Waals surface area contributed by atoms with Gasteiger partial charge in [0.15, 0.2) is 0 Å². The molecule has 0 fully saturated rings. The first-order valence-electron chi connectivity index (χ1n) is 6.75. The van der Waals surface area contributed by atoms with Crippen LogP contribution in [0.25, 0.3) is 0 Å². The largest absolute Gasteiger partial charge is 0.393 e. The van der Waals surface area contributed by atoms with Crippen molar-refractivity contribution in [3.8, 4) is 0 Å².